The van der Waals surface area contributed by atoms with Gasteiger partial charge in [0.1, 0.15) is 17.8 Å². The molecule has 328 valence electrons. The van der Waals surface area contributed by atoms with Gasteiger partial charge < -0.3 is 41.3 Å². The fraction of sp³-hybridized carbons (Fsp3) is 0.444. The number of aliphatic hydroxyl groups is 1. The molecule has 62 heavy (non-hydrogen) atoms. The number of thiazole rings is 1. The van der Waals surface area contributed by atoms with Gasteiger partial charge in [0.2, 0.25) is 17.7 Å². The van der Waals surface area contributed by atoms with Crippen LogP contribution < -0.4 is 16.4 Å². The number of aromatic nitrogens is 5. The second-order valence-electron chi connectivity index (χ2n) is 16.6. The molecular weight excluding hydrogens is 807 g/mol. The van der Waals surface area contributed by atoms with E-state index in [0.717, 1.165) is 73.0 Å². The summed E-state index contributed by atoms with van der Waals surface area (Å²) in [6.45, 7) is 13.3. The average Bonchev–Trinajstić information content (AvgIpc) is 4.02. The molecule has 0 radical (unpaired) electrons. The summed E-state index contributed by atoms with van der Waals surface area (Å²) in [4.78, 5) is 52.4. The molecule has 5 aromatic rings. The minimum Gasteiger partial charge on any atom is -0.507 e. The van der Waals surface area contributed by atoms with Gasteiger partial charge in [-0.2, -0.15) is 5.10 Å². The number of aliphatic hydroxyl groups excluding tert-OH is 1. The molecule has 4 atom stereocenters. The minimum absolute atomic E-state index is 0.0295. The number of nitrogen functional groups attached to an aromatic ring is 1. The van der Waals surface area contributed by atoms with Gasteiger partial charge in [-0.05, 0) is 62.1 Å². The molecule has 2 fully saturated rings. The molecule has 2 saturated heterocycles. The normalized spacial score (nSPS) is 18.2. The van der Waals surface area contributed by atoms with Crippen LogP contribution in [0.25, 0.3) is 32.8 Å². The quantitative estimate of drug-likeness (QED) is 0.0951. The lowest BCUT2D eigenvalue weighted by Crippen LogP contribution is -2.55. The SMILES string of the molecule is Cc1ncsc1-c1ccc([C@H](C)NC(=O)[C@@H]2C[C@@H](O)CN2C(=O)[C@@H](NC(=O)CCN2CCN(CCCn3cc(-c4cc(-c5ccccc5O)nnc4N)cn3)CC2)C(C)C)cc1. The number of aryl methyl sites for hydroxylation is 2. The van der Waals surface area contributed by atoms with Crippen LogP contribution in [0.1, 0.15) is 57.3 Å². The van der Waals surface area contributed by atoms with Crippen molar-refractivity contribution in [2.75, 3.05) is 51.5 Å². The van der Waals surface area contributed by atoms with Gasteiger partial charge in [-0.25, -0.2) is 4.98 Å². The molecule has 6 N–H and O–H groups in total. The van der Waals surface area contributed by atoms with Gasteiger partial charge in [0.25, 0.3) is 0 Å². The minimum atomic E-state index is -0.847. The maximum Gasteiger partial charge on any atom is 0.246 e. The molecule has 16 nitrogen and oxygen atoms in total. The number of carbonyl (C=O) groups is 3. The first-order valence-electron chi connectivity index (χ1n) is 21.3. The van der Waals surface area contributed by atoms with E-state index in [9.17, 15) is 24.6 Å². The van der Waals surface area contributed by atoms with Crippen molar-refractivity contribution in [3.05, 3.63) is 83.8 Å². The molecule has 2 aliphatic rings. The highest BCUT2D eigenvalue weighted by atomic mass is 32.1. The Balaban J connectivity index is 0.837. The number of benzene rings is 2. The third kappa shape index (κ3) is 10.6. The largest absolute Gasteiger partial charge is 0.507 e. The molecule has 0 spiro atoms. The van der Waals surface area contributed by atoms with E-state index in [1.165, 1.54) is 4.90 Å². The number of aromatic hydroxyl groups is 1. The topological polar surface area (TPSA) is 208 Å². The molecule has 3 aromatic heterocycles. The standard InChI is InChI=1S/C45H57N11O5S/c1-28(2)41(45(61)56-26-34(57)22-38(56)44(60)49-29(3)31-10-12-32(13-11-31)42-30(4)47-27-62-42)50-40(59)14-17-54-20-18-53(19-21-54)15-7-16-55-25-33(24-48-55)36-23-37(51-52-43(36)46)35-8-5-6-9-39(35)58/h5-6,8-13,23-25,27-29,34,38,41,57-58H,7,14-22,26H2,1-4H3,(H2,46,52)(H,49,60)(H,50,59)/t29-,34+,38-,41-/m0/s1. The van der Waals surface area contributed by atoms with E-state index in [0.29, 0.717) is 23.4 Å². The number of rotatable bonds is 16. The maximum absolute atomic E-state index is 14.0. The predicted octanol–water partition coefficient (Wildman–Crippen LogP) is 4.10. The van der Waals surface area contributed by atoms with Crippen LogP contribution in [0.15, 0.2) is 72.5 Å². The lowest BCUT2D eigenvalue weighted by Gasteiger charge is -2.35. The zero-order chi connectivity index (χ0) is 43.9. The molecule has 2 aromatic carbocycles. The Labute approximate surface area is 366 Å². The monoisotopic (exact) mass is 863 g/mol. The number of hydrogen-bond acceptors (Lipinski definition) is 13. The van der Waals surface area contributed by atoms with Crippen molar-refractivity contribution in [3.8, 4) is 38.6 Å². The van der Waals surface area contributed by atoms with E-state index in [4.69, 9.17) is 5.73 Å². The van der Waals surface area contributed by atoms with Gasteiger partial charge in [-0.1, -0.05) is 50.2 Å². The first kappa shape index (κ1) is 44.3. The number of anilines is 1. The third-order valence-electron chi connectivity index (χ3n) is 11.8. The van der Waals surface area contributed by atoms with Gasteiger partial charge in [-0.3, -0.25) is 19.1 Å². The fourth-order valence-corrected chi connectivity index (χ4v) is 8.98. The van der Waals surface area contributed by atoms with E-state index in [1.807, 2.05) is 80.5 Å². The number of hydrogen-bond donors (Lipinski definition) is 5. The van der Waals surface area contributed by atoms with Crippen LogP contribution in [0.3, 0.4) is 0 Å². The Kier molecular flexibility index (Phi) is 14.3. The molecule has 17 heteroatoms. The number of β-amino-alcohol motifs (C(OH)–C–C–N with tert-alkyl or cyclic N) is 1. The van der Waals surface area contributed by atoms with Gasteiger partial charge in [-0.15, -0.1) is 21.5 Å². The summed E-state index contributed by atoms with van der Waals surface area (Å²) in [5, 5.41) is 39.7. The zero-order valence-electron chi connectivity index (χ0n) is 35.8. The van der Waals surface area contributed by atoms with Gasteiger partial charge in [0, 0.05) is 81.5 Å². The number of phenols is 1. The molecule has 2 aliphatic heterocycles. The number of piperazine rings is 1. The highest BCUT2D eigenvalue weighted by molar-refractivity contribution is 7.13. The van der Waals surface area contributed by atoms with Crippen LogP contribution in [0.5, 0.6) is 5.75 Å². The number of likely N-dealkylation sites (tertiary alicyclic amines) is 1. The van der Waals surface area contributed by atoms with Crippen molar-refractivity contribution < 1.29 is 24.6 Å². The second-order valence-corrected chi connectivity index (χ2v) is 17.5. The number of amides is 3. The summed E-state index contributed by atoms with van der Waals surface area (Å²) in [7, 11) is 0. The van der Waals surface area contributed by atoms with E-state index in [2.05, 4.69) is 40.7 Å². The summed E-state index contributed by atoms with van der Waals surface area (Å²) in [6.07, 6.45) is 4.15. The number of nitrogens with two attached hydrogens (primary N) is 1. The van der Waals surface area contributed by atoms with E-state index in [-0.39, 0.29) is 60.6 Å². The van der Waals surface area contributed by atoms with Crippen molar-refractivity contribution in [2.24, 2.45) is 5.92 Å². The average molecular weight is 864 g/mol. The van der Waals surface area contributed by atoms with E-state index < -0.39 is 18.2 Å². The molecule has 0 unspecified atom stereocenters. The van der Waals surface area contributed by atoms with Crippen LogP contribution in [0.2, 0.25) is 0 Å². The van der Waals surface area contributed by atoms with Crippen molar-refractivity contribution in [1.82, 2.24) is 50.3 Å². The fourth-order valence-electron chi connectivity index (χ4n) is 8.17. The summed E-state index contributed by atoms with van der Waals surface area (Å²) in [6, 6.07) is 14.8. The Morgan fingerprint density at radius 2 is 1.65 bits per heavy atom. The molecule has 7 rings (SSSR count). The second kappa shape index (κ2) is 20.0. The molecule has 3 amide bonds. The van der Waals surface area contributed by atoms with Gasteiger partial charge >= 0.3 is 0 Å². The molecule has 0 aliphatic carbocycles. The third-order valence-corrected chi connectivity index (χ3v) is 12.8. The van der Waals surface area contributed by atoms with Crippen molar-refractivity contribution in [1.29, 1.82) is 0 Å². The van der Waals surface area contributed by atoms with Crippen LogP contribution in [-0.4, -0.2) is 132 Å². The van der Waals surface area contributed by atoms with Crippen molar-refractivity contribution in [2.45, 2.75) is 77.7 Å². The Morgan fingerprint density at radius 3 is 2.34 bits per heavy atom. The summed E-state index contributed by atoms with van der Waals surface area (Å²) < 4.78 is 1.90. The van der Waals surface area contributed by atoms with Crippen LogP contribution >= 0.6 is 11.3 Å². The summed E-state index contributed by atoms with van der Waals surface area (Å²) in [5.41, 5.74) is 13.6. The Morgan fingerprint density at radius 1 is 0.919 bits per heavy atom. The summed E-state index contributed by atoms with van der Waals surface area (Å²) in [5.74, 6) is -0.732. The van der Waals surface area contributed by atoms with Crippen LogP contribution in [0, 0.1) is 12.8 Å². The molecule has 0 bridgehead atoms. The maximum atomic E-state index is 14.0. The number of nitrogens with one attached hydrogen (secondary N) is 2. The molecule has 5 heterocycles. The number of phenolic OH excluding ortho intramolecular Hbond substituents is 1. The van der Waals surface area contributed by atoms with Crippen LogP contribution in [-0.2, 0) is 20.9 Å². The lowest BCUT2D eigenvalue weighted by atomic mass is 10.0. The lowest BCUT2D eigenvalue weighted by molar-refractivity contribution is -0.142. The van der Waals surface area contributed by atoms with E-state index >= 15 is 0 Å². The Bertz CT molecular complexity index is 2320. The molecular formula is C45H57N11O5S. The smallest absolute Gasteiger partial charge is 0.246 e. The van der Waals surface area contributed by atoms with Gasteiger partial charge in [0.15, 0.2) is 5.82 Å². The highest BCUT2D eigenvalue weighted by Gasteiger charge is 2.42. The first-order chi connectivity index (χ1) is 29.8. The van der Waals surface area contributed by atoms with Crippen molar-refractivity contribution in [3.63, 3.8) is 0 Å². The van der Waals surface area contributed by atoms with Crippen LogP contribution in [0.4, 0.5) is 5.82 Å². The van der Waals surface area contributed by atoms with Gasteiger partial charge in [0.05, 0.1) is 40.1 Å². The number of carbonyl (C=O) groups excluding carboxylic acids is 3. The zero-order valence-corrected chi connectivity index (χ0v) is 36.6. The Hall–Kier alpha value is -5.75. The number of para-hydroxylation sites is 1. The molecule has 0 saturated carbocycles. The number of nitrogens with zero attached hydrogens (tertiary/aromatic N) is 8. The first-order valence-corrected chi connectivity index (χ1v) is 22.2. The summed E-state index contributed by atoms with van der Waals surface area (Å²) >= 11 is 1.58. The highest BCUT2D eigenvalue weighted by Crippen LogP contribution is 2.32. The van der Waals surface area contributed by atoms with E-state index in [1.54, 1.807) is 35.7 Å². The van der Waals surface area contributed by atoms with Crippen molar-refractivity contribution >= 4 is 34.9 Å². The predicted molar refractivity (Wildman–Crippen MR) is 239 cm³/mol.